The molecule has 1 aromatic heterocycles. The maximum Gasteiger partial charge on any atom is 0.0556 e. The standard InChI is InChI=1S/C16H27N3/c1-12(2)15-10-14(11-17-16(15)13(3)4)19-8-6-18(5)7-9-19/h10-13H,6-9H2,1-5H3. The third-order valence-corrected chi connectivity index (χ3v) is 3.97. The Balaban J connectivity index is 2.25. The summed E-state index contributed by atoms with van der Waals surface area (Å²) in [6.45, 7) is 13.5. The van der Waals surface area contributed by atoms with Crippen LogP contribution in [-0.2, 0) is 0 Å². The second-order valence-electron chi connectivity index (χ2n) is 6.27. The topological polar surface area (TPSA) is 19.4 Å². The van der Waals surface area contributed by atoms with Crippen molar-refractivity contribution in [2.75, 3.05) is 38.1 Å². The van der Waals surface area contributed by atoms with E-state index in [1.807, 2.05) is 0 Å². The van der Waals surface area contributed by atoms with Crippen molar-refractivity contribution in [3.05, 3.63) is 23.5 Å². The second kappa shape index (κ2) is 5.91. The maximum absolute atomic E-state index is 4.74. The lowest BCUT2D eigenvalue weighted by molar-refractivity contribution is 0.312. The molecule has 0 spiro atoms. The quantitative estimate of drug-likeness (QED) is 0.833. The Hall–Kier alpha value is -1.09. The third-order valence-electron chi connectivity index (χ3n) is 3.97. The van der Waals surface area contributed by atoms with E-state index in [-0.39, 0.29) is 0 Å². The summed E-state index contributed by atoms with van der Waals surface area (Å²) in [5, 5.41) is 0. The van der Waals surface area contributed by atoms with Crippen LogP contribution in [0.3, 0.4) is 0 Å². The van der Waals surface area contributed by atoms with E-state index in [0.29, 0.717) is 11.8 Å². The van der Waals surface area contributed by atoms with E-state index in [4.69, 9.17) is 4.98 Å². The molecule has 0 bridgehead atoms. The van der Waals surface area contributed by atoms with E-state index in [9.17, 15) is 0 Å². The van der Waals surface area contributed by atoms with Gasteiger partial charge < -0.3 is 9.80 Å². The molecule has 1 saturated heterocycles. The molecule has 0 N–H and O–H groups in total. The lowest BCUT2D eigenvalue weighted by Crippen LogP contribution is -2.44. The molecule has 0 aromatic carbocycles. The van der Waals surface area contributed by atoms with Gasteiger partial charge in [0.1, 0.15) is 0 Å². The Morgan fingerprint density at radius 3 is 2.16 bits per heavy atom. The molecule has 0 unspecified atom stereocenters. The van der Waals surface area contributed by atoms with Gasteiger partial charge in [0.05, 0.1) is 11.9 Å². The van der Waals surface area contributed by atoms with Crippen LogP contribution >= 0.6 is 0 Å². The fourth-order valence-electron chi connectivity index (χ4n) is 2.66. The second-order valence-corrected chi connectivity index (χ2v) is 6.27. The zero-order valence-corrected chi connectivity index (χ0v) is 13.0. The van der Waals surface area contributed by atoms with Crippen molar-refractivity contribution in [3.8, 4) is 0 Å². The van der Waals surface area contributed by atoms with Crippen LogP contribution in [0.2, 0.25) is 0 Å². The molecule has 1 aromatic rings. The zero-order valence-electron chi connectivity index (χ0n) is 13.0. The summed E-state index contributed by atoms with van der Waals surface area (Å²) in [6.07, 6.45) is 2.06. The first-order valence-corrected chi connectivity index (χ1v) is 7.42. The monoisotopic (exact) mass is 261 g/mol. The predicted octanol–water partition coefficient (Wildman–Crippen LogP) is 3.08. The summed E-state index contributed by atoms with van der Waals surface area (Å²) in [5.41, 5.74) is 3.96. The molecule has 2 heterocycles. The van der Waals surface area contributed by atoms with Gasteiger partial charge in [0, 0.05) is 31.9 Å². The van der Waals surface area contributed by atoms with Crippen molar-refractivity contribution >= 4 is 5.69 Å². The largest absolute Gasteiger partial charge is 0.368 e. The number of hydrogen-bond acceptors (Lipinski definition) is 3. The lowest BCUT2D eigenvalue weighted by Gasteiger charge is -2.34. The molecule has 0 saturated carbocycles. The van der Waals surface area contributed by atoms with Crippen molar-refractivity contribution in [1.29, 1.82) is 0 Å². The Morgan fingerprint density at radius 1 is 1.00 bits per heavy atom. The van der Waals surface area contributed by atoms with Crippen LogP contribution < -0.4 is 4.90 Å². The van der Waals surface area contributed by atoms with E-state index in [0.717, 1.165) is 26.2 Å². The van der Waals surface area contributed by atoms with Gasteiger partial charge >= 0.3 is 0 Å². The van der Waals surface area contributed by atoms with Gasteiger partial charge in [-0.15, -0.1) is 0 Å². The molecule has 1 aliphatic rings. The molecule has 0 aliphatic carbocycles. The maximum atomic E-state index is 4.74. The first-order valence-electron chi connectivity index (χ1n) is 7.42. The minimum Gasteiger partial charge on any atom is -0.368 e. The van der Waals surface area contributed by atoms with E-state index >= 15 is 0 Å². The average molecular weight is 261 g/mol. The highest BCUT2D eigenvalue weighted by atomic mass is 15.2. The molecule has 1 fully saturated rings. The first-order chi connectivity index (χ1) is 8.99. The number of pyridine rings is 1. The smallest absolute Gasteiger partial charge is 0.0556 e. The van der Waals surface area contributed by atoms with Gasteiger partial charge in [0.15, 0.2) is 0 Å². The number of rotatable bonds is 3. The normalized spacial score (nSPS) is 17.5. The molecule has 0 amide bonds. The summed E-state index contributed by atoms with van der Waals surface area (Å²) in [7, 11) is 2.19. The summed E-state index contributed by atoms with van der Waals surface area (Å²) < 4.78 is 0. The van der Waals surface area contributed by atoms with Crippen LogP contribution in [-0.4, -0.2) is 43.1 Å². The van der Waals surface area contributed by atoms with Gasteiger partial charge in [0.2, 0.25) is 0 Å². The molecule has 2 rings (SSSR count). The van der Waals surface area contributed by atoms with Crippen molar-refractivity contribution < 1.29 is 0 Å². The third kappa shape index (κ3) is 3.27. The number of likely N-dealkylation sites (N-methyl/N-ethyl adjacent to an activating group) is 1. The SMILES string of the molecule is CC(C)c1cc(N2CCN(C)CC2)cnc1C(C)C. The predicted molar refractivity (Wildman–Crippen MR) is 82.1 cm³/mol. The van der Waals surface area contributed by atoms with E-state index < -0.39 is 0 Å². The van der Waals surface area contributed by atoms with Crippen LogP contribution in [0.25, 0.3) is 0 Å². The van der Waals surface area contributed by atoms with Crippen LogP contribution in [0.1, 0.15) is 50.8 Å². The Morgan fingerprint density at radius 2 is 1.63 bits per heavy atom. The van der Waals surface area contributed by atoms with Crippen LogP contribution in [0.15, 0.2) is 12.3 Å². The van der Waals surface area contributed by atoms with Crippen LogP contribution in [0.5, 0.6) is 0 Å². The van der Waals surface area contributed by atoms with Crippen molar-refractivity contribution in [1.82, 2.24) is 9.88 Å². The van der Waals surface area contributed by atoms with Gasteiger partial charge in [-0.05, 0) is 30.5 Å². The zero-order chi connectivity index (χ0) is 14.0. The number of piperazine rings is 1. The molecule has 0 radical (unpaired) electrons. The molecular formula is C16H27N3. The molecule has 0 atom stereocenters. The number of hydrogen-bond donors (Lipinski definition) is 0. The molecule has 1 aliphatic heterocycles. The van der Waals surface area contributed by atoms with E-state index in [1.165, 1.54) is 16.9 Å². The highest BCUT2D eigenvalue weighted by molar-refractivity contribution is 5.49. The Kier molecular flexibility index (Phi) is 4.46. The Bertz CT molecular complexity index is 418. The highest BCUT2D eigenvalue weighted by Crippen LogP contribution is 2.28. The van der Waals surface area contributed by atoms with Crippen LogP contribution in [0.4, 0.5) is 5.69 Å². The summed E-state index contributed by atoms with van der Waals surface area (Å²) in [4.78, 5) is 9.58. The first kappa shape index (κ1) is 14.3. The molecule has 106 valence electrons. The number of nitrogens with zero attached hydrogens (tertiary/aromatic N) is 3. The van der Waals surface area contributed by atoms with Crippen molar-refractivity contribution in [3.63, 3.8) is 0 Å². The van der Waals surface area contributed by atoms with E-state index in [1.54, 1.807) is 0 Å². The number of anilines is 1. The van der Waals surface area contributed by atoms with Gasteiger partial charge in [-0.2, -0.15) is 0 Å². The minimum atomic E-state index is 0.499. The fourth-order valence-corrected chi connectivity index (χ4v) is 2.66. The highest BCUT2D eigenvalue weighted by Gasteiger charge is 2.18. The molecule has 3 nitrogen and oxygen atoms in total. The molecular weight excluding hydrogens is 234 g/mol. The van der Waals surface area contributed by atoms with Gasteiger partial charge in [-0.3, -0.25) is 4.98 Å². The lowest BCUT2D eigenvalue weighted by atomic mass is 9.95. The molecule has 3 heteroatoms. The summed E-state index contributed by atoms with van der Waals surface area (Å²) in [6, 6.07) is 2.36. The summed E-state index contributed by atoms with van der Waals surface area (Å²) >= 11 is 0. The molecule has 19 heavy (non-hydrogen) atoms. The van der Waals surface area contributed by atoms with Crippen molar-refractivity contribution in [2.24, 2.45) is 0 Å². The van der Waals surface area contributed by atoms with Crippen LogP contribution in [0, 0.1) is 0 Å². The number of aromatic nitrogens is 1. The average Bonchev–Trinajstić information content (AvgIpc) is 2.38. The van der Waals surface area contributed by atoms with Crippen molar-refractivity contribution in [2.45, 2.75) is 39.5 Å². The van der Waals surface area contributed by atoms with Gasteiger partial charge in [0.25, 0.3) is 0 Å². The van der Waals surface area contributed by atoms with E-state index in [2.05, 4.69) is 56.8 Å². The summed E-state index contributed by atoms with van der Waals surface area (Å²) in [5.74, 6) is 1.04. The van der Waals surface area contributed by atoms with Gasteiger partial charge in [-0.1, -0.05) is 27.7 Å². The Labute approximate surface area is 117 Å². The van der Waals surface area contributed by atoms with Gasteiger partial charge in [-0.25, -0.2) is 0 Å². The minimum absolute atomic E-state index is 0.499. The fraction of sp³-hybridized carbons (Fsp3) is 0.688.